The Bertz CT molecular complexity index is 1310. The van der Waals surface area contributed by atoms with Crippen LogP contribution in [0.25, 0.3) is 22.3 Å². The number of halogens is 3. The van der Waals surface area contributed by atoms with E-state index in [4.69, 9.17) is 9.47 Å². The summed E-state index contributed by atoms with van der Waals surface area (Å²) in [5.41, 5.74) is 1.80. The van der Waals surface area contributed by atoms with Crippen LogP contribution in [-0.4, -0.2) is 12.6 Å². The molecule has 5 rings (SSSR count). The lowest BCUT2D eigenvalue weighted by Gasteiger charge is -2.20. The second-order valence-corrected chi connectivity index (χ2v) is 9.41. The quantitative estimate of drug-likeness (QED) is 0.247. The summed E-state index contributed by atoms with van der Waals surface area (Å²) >= 11 is 0. The Hall–Kier alpha value is -3.38. The molecule has 0 amide bonds. The van der Waals surface area contributed by atoms with Gasteiger partial charge in [-0.05, 0) is 48.1 Å². The van der Waals surface area contributed by atoms with E-state index in [2.05, 4.69) is 6.92 Å². The largest absolute Gasteiger partial charge is 0.428 e. The first-order valence-corrected chi connectivity index (χ1v) is 12.4. The fourth-order valence-electron chi connectivity index (χ4n) is 4.77. The van der Waals surface area contributed by atoms with Crippen LogP contribution in [0.15, 0.2) is 66.4 Å². The van der Waals surface area contributed by atoms with Crippen LogP contribution in [0.4, 0.5) is 13.2 Å². The van der Waals surface area contributed by atoms with Crippen molar-refractivity contribution in [3.8, 4) is 22.3 Å². The van der Waals surface area contributed by atoms with Crippen molar-refractivity contribution in [1.82, 2.24) is 0 Å². The van der Waals surface area contributed by atoms with Gasteiger partial charge in [0.25, 0.3) is 0 Å². The van der Waals surface area contributed by atoms with Crippen molar-refractivity contribution < 1.29 is 27.4 Å². The molecule has 0 bridgehead atoms. The molecule has 1 fully saturated rings. The molecule has 1 heterocycles. The van der Waals surface area contributed by atoms with Crippen LogP contribution in [0.3, 0.4) is 0 Å². The monoisotopic (exact) mass is 492 g/mol. The van der Waals surface area contributed by atoms with E-state index in [9.17, 15) is 18.0 Å². The summed E-state index contributed by atoms with van der Waals surface area (Å²) in [5.74, 6) is -1.70. The van der Waals surface area contributed by atoms with Crippen LogP contribution >= 0.6 is 0 Å². The summed E-state index contributed by atoms with van der Waals surface area (Å²) in [6.45, 7) is 2.56. The maximum absolute atomic E-state index is 14.9. The molecule has 0 radical (unpaired) electrons. The number of allylic oxidation sites excluding steroid dienone is 2. The third-order valence-corrected chi connectivity index (χ3v) is 6.90. The van der Waals surface area contributed by atoms with Gasteiger partial charge in [0.2, 0.25) is 0 Å². The highest BCUT2D eigenvalue weighted by atomic mass is 19.2. The third kappa shape index (κ3) is 5.09. The summed E-state index contributed by atoms with van der Waals surface area (Å²) in [6.07, 6.45) is 6.50. The fraction of sp³-hybridized carbons (Fsp3) is 0.300. The molecule has 1 aliphatic heterocycles. The predicted octanol–water partition coefficient (Wildman–Crippen LogP) is 8.15. The van der Waals surface area contributed by atoms with Gasteiger partial charge in [-0.25, -0.2) is 18.0 Å². The van der Waals surface area contributed by atoms with Crippen molar-refractivity contribution in [2.45, 2.75) is 45.1 Å². The molecule has 1 aliphatic carbocycles. The van der Waals surface area contributed by atoms with Gasteiger partial charge in [-0.1, -0.05) is 62.2 Å². The van der Waals surface area contributed by atoms with Crippen molar-refractivity contribution in [2.75, 3.05) is 6.61 Å². The van der Waals surface area contributed by atoms with Gasteiger partial charge in [0.15, 0.2) is 11.6 Å². The van der Waals surface area contributed by atoms with Gasteiger partial charge in [-0.15, -0.1) is 0 Å². The van der Waals surface area contributed by atoms with Gasteiger partial charge in [-0.3, -0.25) is 0 Å². The molecule has 3 aromatic rings. The van der Waals surface area contributed by atoms with Crippen molar-refractivity contribution in [3.63, 3.8) is 0 Å². The smallest absolute Gasteiger partial charge is 0.343 e. The van der Waals surface area contributed by atoms with E-state index in [1.165, 1.54) is 36.8 Å². The normalized spacial score (nSPS) is 19.1. The summed E-state index contributed by atoms with van der Waals surface area (Å²) < 4.78 is 54.5. The van der Waals surface area contributed by atoms with E-state index < -0.39 is 23.4 Å². The van der Waals surface area contributed by atoms with Crippen LogP contribution < -0.4 is 0 Å². The van der Waals surface area contributed by atoms with Crippen molar-refractivity contribution in [1.29, 1.82) is 0 Å². The minimum absolute atomic E-state index is 0.125. The van der Waals surface area contributed by atoms with E-state index in [1.54, 1.807) is 24.3 Å². The Kier molecular flexibility index (Phi) is 6.97. The van der Waals surface area contributed by atoms with Crippen LogP contribution in [-0.2, 0) is 9.47 Å². The average Bonchev–Trinajstić information content (AvgIpc) is 3.73. The Balaban J connectivity index is 1.29. The Morgan fingerprint density at radius 1 is 0.972 bits per heavy atom. The molecule has 0 saturated carbocycles. The number of ether oxygens (including phenoxy) is 2. The molecule has 2 unspecified atom stereocenters. The number of hydrogen-bond donors (Lipinski definition) is 0. The minimum Gasteiger partial charge on any atom is -0.428 e. The number of carbonyl (C=O) groups is 1. The van der Waals surface area contributed by atoms with Crippen molar-refractivity contribution in [2.24, 2.45) is 5.92 Å². The average molecular weight is 493 g/mol. The second kappa shape index (κ2) is 10.3. The Morgan fingerprint density at radius 2 is 1.67 bits per heavy atom. The molecule has 2 aliphatic rings. The molecule has 1 saturated heterocycles. The summed E-state index contributed by atoms with van der Waals surface area (Å²) in [4.78, 5) is 12.5. The lowest BCUT2D eigenvalue weighted by Crippen LogP contribution is -2.11. The van der Waals surface area contributed by atoms with E-state index in [0.29, 0.717) is 41.4 Å². The summed E-state index contributed by atoms with van der Waals surface area (Å²) in [6, 6.07) is 13.8. The number of esters is 1. The SMILES string of the molecule is CCCC1CC=C(OC(=O)c2ccc(-c3ccc(-c4ccc(C5CO5)c(F)c4F)cc3)c(F)c2)CC1. The zero-order valence-corrected chi connectivity index (χ0v) is 20.0. The molecule has 3 aromatic carbocycles. The molecule has 0 spiro atoms. The lowest BCUT2D eigenvalue weighted by atomic mass is 9.90. The zero-order valence-electron chi connectivity index (χ0n) is 20.0. The van der Waals surface area contributed by atoms with Gasteiger partial charge in [0.1, 0.15) is 17.7 Å². The number of epoxide rings is 1. The first kappa shape index (κ1) is 24.3. The van der Waals surface area contributed by atoms with Crippen LogP contribution in [0, 0.1) is 23.4 Å². The number of hydrogen-bond acceptors (Lipinski definition) is 3. The highest BCUT2D eigenvalue weighted by Gasteiger charge is 2.30. The standard InChI is InChI=1S/C30H27F3O3/c1-2-3-18-4-11-22(12-5-18)36-30(34)21-10-13-23(26(31)16-21)19-6-8-20(9-7-19)24-14-15-25(27-17-35-27)29(33)28(24)32/h6-11,13-16,18,27H,2-5,12,17H2,1H3. The summed E-state index contributed by atoms with van der Waals surface area (Å²) in [5, 5.41) is 0. The van der Waals surface area contributed by atoms with E-state index in [1.807, 2.05) is 6.08 Å². The Morgan fingerprint density at radius 3 is 2.28 bits per heavy atom. The molecule has 36 heavy (non-hydrogen) atoms. The van der Waals surface area contributed by atoms with Crippen LogP contribution in [0.1, 0.15) is 61.1 Å². The van der Waals surface area contributed by atoms with E-state index in [0.717, 1.165) is 19.3 Å². The van der Waals surface area contributed by atoms with E-state index >= 15 is 0 Å². The van der Waals surface area contributed by atoms with Gasteiger partial charge in [0.05, 0.1) is 12.2 Å². The number of benzene rings is 3. The number of carbonyl (C=O) groups excluding carboxylic acids is 1. The first-order valence-electron chi connectivity index (χ1n) is 12.4. The molecule has 0 N–H and O–H groups in total. The highest BCUT2D eigenvalue weighted by molar-refractivity contribution is 5.91. The van der Waals surface area contributed by atoms with E-state index in [-0.39, 0.29) is 22.8 Å². The second-order valence-electron chi connectivity index (χ2n) is 9.41. The van der Waals surface area contributed by atoms with Crippen molar-refractivity contribution >= 4 is 5.97 Å². The molecular weight excluding hydrogens is 465 g/mol. The van der Waals surface area contributed by atoms with Gasteiger partial charge in [-0.2, -0.15) is 0 Å². The summed E-state index contributed by atoms with van der Waals surface area (Å²) in [7, 11) is 0. The van der Waals surface area contributed by atoms with Crippen molar-refractivity contribution in [3.05, 3.63) is 95.0 Å². The van der Waals surface area contributed by atoms with Gasteiger partial charge in [0, 0.05) is 23.1 Å². The van der Waals surface area contributed by atoms with Crippen LogP contribution in [0.2, 0.25) is 0 Å². The molecular formula is C30H27F3O3. The third-order valence-electron chi connectivity index (χ3n) is 6.90. The molecule has 2 atom stereocenters. The molecule has 0 aromatic heterocycles. The lowest BCUT2D eigenvalue weighted by molar-refractivity contribution is 0.0602. The van der Waals surface area contributed by atoms with Gasteiger partial charge >= 0.3 is 5.97 Å². The molecule has 186 valence electrons. The van der Waals surface area contributed by atoms with Crippen LogP contribution in [0.5, 0.6) is 0 Å². The fourth-order valence-corrected chi connectivity index (χ4v) is 4.77. The topological polar surface area (TPSA) is 38.8 Å². The van der Waals surface area contributed by atoms with Gasteiger partial charge < -0.3 is 9.47 Å². The molecule has 6 heteroatoms. The zero-order chi connectivity index (χ0) is 25.2. The minimum atomic E-state index is -0.932. The number of rotatable bonds is 7. The highest BCUT2D eigenvalue weighted by Crippen LogP contribution is 2.36. The first-order chi connectivity index (χ1) is 17.4. The maximum Gasteiger partial charge on any atom is 0.343 e. The Labute approximate surface area is 208 Å². The molecule has 3 nitrogen and oxygen atoms in total. The maximum atomic E-state index is 14.9. The predicted molar refractivity (Wildman–Crippen MR) is 132 cm³/mol.